The first-order valence-corrected chi connectivity index (χ1v) is 10.9. The number of fused-ring (bicyclic) bond motifs is 3. The van der Waals surface area contributed by atoms with Gasteiger partial charge in [-0.15, -0.1) is 0 Å². The minimum atomic E-state index is -4.14. The number of amides is 2. The van der Waals surface area contributed by atoms with Gasteiger partial charge in [-0.2, -0.15) is 8.78 Å². The third-order valence-corrected chi connectivity index (χ3v) is 6.32. The Morgan fingerprint density at radius 3 is 2.20 bits per heavy atom. The second kappa shape index (κ2) is 9.20. The van der Waals surface area contributed by atoms with Crippen molar-refractivity contribution in [1.82, 2.24) is 10.2 Å². The van der Waals surface area contributed by atoms with Gasteiger partial charge in [0, 0.05) is 25.4 Å². The van der Waals surface area contributed by atoms with Crippen LogP contribution in [0.15, 0.2) is 48.5 Å². The third-order valence-electron chi connectivity index (χ3n) is 6.32. The molecule has 2 amide bonds. The zero-order valence-electron chi connectivity index (χ0n) is 18.3. The van der Waals surface area contributed by atoms with Crippen molar-refractivity contribution in [3.63, 3.8) is 0 Å². The number of halogens is 4. The average molecular weight is 494 g/mol. The molecule has 0 aromatic heterocycles. The van der Waals surface area contributed by atoms with E-state index in [1.807, 2.05) is 53.8 Å². The van der Waals surface area contributed by atoms with Crippen molar-refractivity contribution in [3.05, 3.63) is 59.7 Å². The predicted octanol–water partition coefficient (Wildman–Crippen LogP) is 3.73. The van der Waals surface area contributed by atoms with Crippen LogP contribution in [0, 0.1) is 5.92 Å². The number of carbonyl (C=O) groups excluding carboxylic acids is 2. The molecule has 1 aliphatic heterocycles. The number of aliphatic carboxylic acids is 1. The summed E-state index contributed by atoms with van der Waals surface area (Å²) < 4.78 is 61.4. The summed E-state index contributed by atoms with van der Waals surface area (Å²) in [7, 11) is 0. The monoisotopic (exact) mass is 494 g/mol. The van der Waals surface area contributed by atoms with E-state index in [1.54, 1.807) is 0 Å². The number of hydrogen-bond acceptors (Lipinski definition) is 4. The number of hydrogen-bond donors (Lipinski definition) is 2. The summed E-state index contributed by atoms with van der Waals surface area (Å²) in [5.74, 6) is -14.0. The van der Waals surface area contributed by atoms with Gasteiger partial charge in [0.2, 0.25) is 0 Å². The Bertz CT molecular complexity index is 1110. The zero-order chi connectivity index (χ0) is 25.4. The van der Waals surface area contributed by atoms with Gasteiger partial charge >= 0.3 is 18.0 Å². The smallest absolute Gasteiger partial charge is 0.407 e. The fourth-order valence-corrected chi connectivity index (χ4v) is 4.49. The number of rotatable bonds is 6. The number of carbonyl (C=O) groups is 3. The van der Waals surface area contributed by atoms with Gasteiger partial charge < -0.3 is 20.1 Å². The van der Waals surface area contributed by atoms with E-state index in [2.05, 4.69) is 0 Å². The number of nitrogens with one attached hydrogen (secondary N) is 1. The number of piperidine rings is 1. The lowest BCUT2D eigenvalue weighted by molar-refractivity contribution is -0.177. The standard InChI is InChI=1S/C24H22F4N2O5/c25-23(26)9-10-30(11-19(23)20(31)32)21(33)24(27,28)13-29-22(34)35-12-18-16-7-3-1-5-14(16)15-6-2-4-8-17(15)18/h1-8,18-19H,9-13H2,(H,29,34)(H,31,32). The molecule has 1 aliphatic carbocycles. The molecule has 186 valence electrons. The van der Waals surface area contributed by atoms with Gasteiger partial charge in [-0.1, -0.05) is 48.5 Å². The highest BCUT2D eigenvalue weighted by Crippen LogP contribution is 2.44. The van der Waals surface area contributed by atoms with Crippen molar-refractivity contribution in [2.45, 2.75) is 24.2 Å². The second-order valence-electron chi connectivity index (χ2n) is 8.54. The number of alkyl carbamates (subject to hydrolysis) is 1. The molecule has 0 spiro atoms. The third kappa shape index (κ3) is 4.80. The van der Waals surface area contributed by atoms with E-state index in [-0.39, 0.29) is 12.5 Å². The summed E-state index contributed by atoms with van der Waals surface area (Å²) in [5.41, 5.74) is 3.83. The number of alkyl halides is 4. The zero-order valence-corrected chi connectivity index (χ0v) is 18.3. The number of carboxylic acids is 1. The Balaban J connectivity index is 1.34. The minimum absolute atomic E-state index is 0.124. The highest BCUT2D eigenvalue weighted by Gasteiger charge is 2.52. The van der Waals surface area contributed by atoms with Gasteiger partial charge in [0.25, 0.3) is 11.8 Å². The van der Waals surface area contributed by atoms with Crippen LogP contribution in [0.4, 0.5) is 22.4 Å². The van der Waals surface area contributed by atoms with Gasteiger partial charge in [-0.25, -0.2) is 13.6 Å². The van der Waals surface area contributed by atoms with Crippen molar-refractivity contribution in [2.75, 3.05) is 26.2 Å². The molecular weight excluding hydrogens is 472 g/mol. The molecule has 2 aliphatic rings. The Kier molecular flexibility index (Phi) is 6.44. The van der Waals surface area contributed by atoms with Crippen molar-refractivity contribution in [3.8, 4) is 11.1 Å². The van der Waals surface area contributed by atoms with E-state index in [1.165, 1.54) is 0 Å². The fourth-order valence-electron chi connectivity index (χ4n) is 4.49. The lowest BCUT2D eigenvalue weighted by atomic mass is 9.93. The molecule has 2 N–H and O–H groups in total. The van der Waals surface area contributed by atoms with Crippen molar-refractivity contribution >= 4 is 18.0 Å². The van der Waals surface area contributed by atoms with Crippen molar-refractivity contribution < 1.29 is 41.8 Å². The number of likely N-dealkylation sites (tertiary alicyclic amines) is 1. The molecule has 2 aromatic rings. The summed E-state index contributed by atoms with van der Waals surface area (Å²) in [5, 5.41) is 10.8. The lowest BCUT2D eigenvalue weighted by Crippen LogP contribution is -2.57. The molecule has 0 radical (unpaired) electrons. The molecule has 35 heavy (non-hydrogen) atoms. The second-order valence-corrected chi connectivity index (χ2v) is 8.54. The maximum absolute atomic E-state index is 14.4. The first-order chi connectivity index (χ1) is 16.5. The summed E-state index contributed by atoms with van der Waals surface area (Å²) in [6.07, 6.45) is -2.22. The Hall–Kier alpha value is -3.63. The van der Waals surface area contributed by atoms with Crippen molar-refractivity contribution in [2.24, 2.45) is 5.92 Å². The van der Waals surface area contributed by atoms with Crippen LogP contribution in [0.25, 0.3) is 11.1 Å². The number of ether oxygens (including phenoxy) is 1. The Morgan fingerprint density at radius 2 is 1.63 bits per heavy atom. The highest BCUT2D eigenvalue weighted by atomic mass is 19.3. The molecule has 1 saturated heterocycles. The van der Waals surface area contributed by atoms with Crippen molar-refractivity contribution in [1.29, 1.82) is 0 Å². The molecule has 0 bridgehead atoms. The molecule has 2 aromatic carbocycles. The quantitative estimate of drug-likeness (QED) is 0.597. The van der Waals surface area contributed by atoms with E-state index in [0.717, 1.165) is 22.3 Å². The van der Waals surface area contributed by atoms with E-state index >= 15 is 0 Å². The molecular formula is C24H22F4N2O5. The largest absolute Gasteiger partial charge is 0.481 e. The first kappa shape index (κ1) is 24.5. The Labute approximate surface area is 197 Å². The van der Waals surface area contributed by atoms with Crippen LogP contribution >= 0.6 is 0 Å². The maximum Gasteiger partial charge on any atom is 0.407 e. The van der Waals surface area contributed by atoms with E-state index in [9.17, 15) is 31.9 Å². The van der Waals surface area contributed by atoms with Gasteiger partial charge in [0.1, 0.15) is 12.5 Å². The van der Waals surface area contributed by atoms with E-state index in [4.69, 9.17) is 9.84 Å². The van der Waals surface area contributed by atoms with Crippen LogP contribution in [0.2, 0.25) is 0 Å². The maximum atomic E-state index is 14.4. The molecule has 1 unspecified atom stereocenters. The van der Waals surface area contributed by atoms with Crippen LogP contribution in [-0.4, -0.2) is 66.1 Å². The minimum Gasteiger partial charge on any atom is -0.481 e. The van der Waals surface area contributed by atoms with Crippen LogP contribution in [0.3, 0.4) is 0 Å². The normalized spacial score (nSPS) is 19.0. The molecule has 0 saturated carbocycles. The molecule has 7 nitrogen and oxygen atoms in total. The molecule has 11 heteroatoms. The van der Waals surface area contributed by atoms with Crippen LogP contribution in [0.1, 0.15) is 23.5 Å². The van der Waals surface area contributed by atoms with Gasteiger partial charge in [-0.3, -0.25) is 9.59 Å². The van der Waals surface area contributed by atoms with Crippen LogP contribution in [-0.2, 0) is 14.3 Å². The van der Waals surface area contributed by atoms with Crippen LogP contribution in [0.5, 0.6) is 0 Å². The molecule has 1 heterocycles. The van der Waals surface area contributed by atoms with Crippen LogP contribution < -0.4 is 5.32 Å². The molecule has 1 fully saturated rings. The summed E-state index contributed by atoms with van der Waals surface area (Å²) in [6, 6.07) is 15.1. The topological polar surface area (TPSA) is 95.9 Å². The summed E-state index contributed by atoms with van der Waals surface area (Å²) in [4.78, 5) is 35.8. The number of benzene rings is 2. The first-order valence-electron chi connectivity index (χ1n) is 10.9. The summed E-state index contributed by atoms with van der Waals surface area (Å²) >= 11 is 0. The lowest BCUT2D eigenvalue weighted by Gasteiger charge is -2.37. The van der Waals surface area contributed by atoms with Gasteiger partial charge in [-0.05, 0) is 22.3 Å². The molecule has 4 rings (SSSR count). The Morgan fingerprint density at radius 1 is 1.06 bits per heavy atom. The van der Waals surface area contributed by atoms with E-state index < -0.39 is 61.8 Å². The molecule has 1 atom stereocenters. The fraction of sp³-hybridized carbons (Fsp3) is 0.375. The highest BCUT2D eigenvalue weighted by molar-refractivity contribution is 5.85. The van der Waals surface area contributed by atoms with Gasteiger partial charge in [0.15, 0.2) is 0 Å². The SMILES string of the molecule is O=C(NCC(F)(F)C(=O)N1CCC(F)(F)C(C(=O)O)C1)OCC1c2ccccc2-c2ccccc21. The van der Waals surface area contributed by atoms with Gasteiger partial charge in [0.05, 0.1) is 6.54 Å². The van der Waals surface area contributed by atoms with E-state index in [0.29, 0.717) is 4.90 Å². The number of nitrogens with zero attached hydrogens (tertiary/aromatic N) is 1. The average Bonchev–Trinajstić information content (AvgIpc) is 3.14. The summed E-state index contributed by atoms with van der Waals surface area (Å²) in [6.45, 7) is -3.33. The predicted molar refractivity (Wildman–Crippen MR) is 115 cm³/mol. The number of carboxylic acid groups (broad SMARTS) is 1.